The maximum absolute atomic E-state index is 12.0. The second-order valence-electron chi connectivity index (χ2n) is 4.62. The van der Waals surface area contributed by atoms with Crippen molar-refractivity contribution < 1.29 is 24.5 Å². The third-order valence-corrected chi connectivity index (χ3v) is 3.17. The highest BCUT2D eigenvalue weighted by Gasteiger charge is 2.45. The quantitative estimate of drug-likeness (QED) is 0.616. The standard InChI is InChI=1S/C12H17N3O6/c1-6(17)13-8-3-4-15(12(19)14-8)11-10(20-2)9(18)7(5-16)21-11/h3-4,7,9-11,16,18H,5H2,1-2H3,(H,13,14,17,19)/t7-,9?,10+,11-/m1/s1. The predicted molar refractivity (Wildman–Crippen MR) is 70.6 cm³/mol. The molecule has 0 radical (unpaired) electrons. The molecule has 3 N–H and O–H groups in total. The molecule has 1 saturated heterocycles. The predicted octanol–water partition coefficient (Wildman–Crippen LogP) is -1.53. The molecular formula is C12H17N3O6. The Hall–Kier alpha value is -1.81. The van der Waals surface area contributed by atoms with Crippen molar-refractivity contribution in [1.82, 2.24) is 9.55 Å². The van der Waals surface area contributed by atoms with Crippen molar-refractivity contribution in [3.05, 3.63) is 22.7 Å². The fourth-order valence-electron chi connectivity index (χ4n) is 2.20. The molecular weight excluding hydrogens is 282 g/mol. The average molecular weight is 299 g/mol. The number of nitrogens with one attached hydrogen (secondary N) is 1. The molecule has 9 heteroatoms. The van der Waals surface area contributed by atoms with Crippen LogP contribution in [0.4, 0.5) is 5.82 Å². The Labute approximate surface area is 120 Å². The van der Waals surface area contributed by atoms with Gasteiger partial charge in [-0.1, -0.05) is 0 Å². The summed E-state index contributed by atoms with van der Waals surface area (Å²) in [4.78, 5) is 26.6. The van der Waals surface area contributed by atoms with Crippen molar-refractivity contribution in [2.75, 3.05) is 19.0 Å². The lowest BCUT2D eigenvalue weighted by atomic mass is 10.1. The van der Waals surface area contributed by atoms with E-state index < -0.39 is 36.8 Å². The van der Waals surface area contributed by atoms with E-state index in [9.17, 15) is 14.7 Å². The minimum Gasteiger partial charge on any atom is -0.394 e. The van der Waals surface area contributed by atoms with Gasteiger partial charge in [-0.2, -0.15) is 4.98 Å². The van der Waals surface area contributed by atoms with Gasteiger partial charge in [0.15, 0.2) is 6.23 Å². The van der Waals surface area contributed by atoms with Crippen LogP contribution in [0.2, 0.25) is 0 Å². The molecule has 2 rings (SSSR count). The normalized spacial score (nSPS) is 28.6. The van der Waals surface area contributed by atoms with Gasteiger partial charge in [-0.3, -0.25) is 9.36 Å². The van der Waals surface area contributed by atoms with Gasteiger partial charge in [0, 0.05) is 20.2 Å². The van der Waals surface area contributed by atoms with Crippen LogP contribution in [0.3, 0.4) is 0 Å². The Bertz CT molecular complexity index is 574. The third-order valence-electron chi connectivity index (χ3n) is 3.17. The largest absolute Gasteiger partial charge is 0.394 e. The number of carbonyl (C=O) groups excluding carboxylic acids is 1. The highest BCUT2D eigenvalue weighted by Crippen LogP contribution is 2.30. The van der Waals surface area contributed by atoms with Gasteiger partial charge in [-0.05, 0) is 6.07 Å². The van der Waals surface area contributed by atoms with Gasteiger partial charge in [0.2, 0.25) is 5.91 Å². The van der Waals surface area contributed by atoms with Crippen LogP contribution in [0.1, 0.15) is 13.2 Å². The van der Waals surface area contributed by atoms with Crippen LogP contribution in [-0.4, -0.2) is 57.7 Å². The molecule has 1 fully saturated rings. The minimum atomic E-state index is -1.06. The topological polar surface area (TPSA) is 123 Å². The Kier molecular flexibility index (Phi) is 4.68. The lowest BCUT2D eigenvalue weighted by molar-refractivity contribution is -0.114. The van der Waals surface area contributed by atoms with E-state index in [1.54, 1.807) is 0 Å². The summed E-state index contributed by atoms with van der Waals surface area (Å²) in [6.07, 6.45) is -2.25. The number of carbonyl (C=O) groups is 1. The molecule has 21 heavy (non-hydrogen) atoms. The van der Waals surface area contributed by atoms with Crippen LogP contribution in [0.5, 0.6) is 0 Å². The fraction of sp³-hybridized carbons (Fsp3) is 0.583. The number of hydrogen-bond donors (Lipinski definition) is 3. The number of ether oxygens (including phenoxy) is 2. The summed E-state index contributed by atoms with van der Waals surface area (Å²) in [6.45, 7) is 0.903. The molecule has 2 heterocycles. The van der Waals surface area contributed by atoms with Gasteiger partial charge in [-0.15, -0.1) is 0 Å². The number of anilines is 1. The summed E-state index contributed by atoms with van der Waals surface area (Å²) in [7, 11) is 1.37. The zero-order chi connectivity index (χ0) is 15.6. The molecule has 0 aliphatic carbocycles. The van der Waals surface area contributed by atoms with Crippen LogP contribution in [0, 0.1) is 0 Å². The molecule has 1 aromatic heterocycles. The number of rotatable bonds is 4. The summed E-state index contributed by atoms with van der Waals surface area (Å²) in [5.74, 6) is -0.225. The fourth-order valence-corrected chi connectivity index (χ4v) is 2.20. The van der Waals surface area contributed by atoms with Crippen molar-refractivity contribution in [2.24, 2.45) is 0 Å². The number of hydrogen-bond acceptors (Lipinski definition) is 7. The van der Waals surface area contributed by atoms with Crippen LogP contribution in [-0.2, 0) is 14.3 Å². The van der Waals surface area contributed by atoms with E-state index in [4.69, 9.17) is 14.6 Å². The van der Waals surface area contributed by atoms with Crippen molar-refractivity contribution in [1.29, 1.82) is 0 Å². The highest BCUT2D eigenvalue weighted by molar-refractivity contribution is 5.87. The maximum atomic E-state index is 12.0. The summed E-state index contributed by atoms with van der Waals surface area (Å²) in [5.41, 5.74) is -0.668. The van der Waals surface area contributed by atoms with Gasteiger partial charge >= 0.3 is 5.69 Å². The minimum absolute atomic E-state index is 0.120. The first-order chi connectivity index (χ1) is 9.97. The second-order valence-corrected chi connectivity index (χ2v) is 4.62. The average Bonchev–Trinajstić information content (AvgIpc) is 2.74. The maximum Gasteiger partial charge on any atom is 0.351 e. The van der Waals surface area contributed by atoms with E-state index in [-0.39, 0.29) is 11.7 Å². The van der Waals surface area contributed by atoms with Crippen LogP contribution < -0.4 is 11.0 Å². The number of methoxy groups -OCH3 is 1. The molecule has 1 unspecified atom stereocenters. The Morgan fingerprint density at radius 3 is 2.86 bits per heavy atom. The summed E-state index contributed by atoms with van der Waals surface area (Å²) < 4.78 is 11.7. The molecule has 4 atom stereocenters. The molecule has 1 amide bonds. The first-order valence-corrected chi connectivity index (χ1v) is 6.32. The number of aliphatic hydroxyl groups is 2. The van der Waals surface area contributed by atoms with E-state index in [1.807, 2.05) is 0 Å². The Morgan fingerprint density at radius 2 is 2.33 bits per heavy atom. The van der Waals surface area contributed by atoms with Gasteiger partial charge in [0.05, 0.1) is 6.61 Å². The van der Waals surface area contributed by atoms with Gasteiger partial charge in [0.1, 0.15) is 24.1 Å². The smallest absolute Gasteiger partial charge is 0.351 e. The monoisotopic (exact) mass is 299 g/mol. The molecule has 1 aromatic rings. The first kappa shape index (κ1) is 15.6. The van der Waals surface area contributed by atoms with Crippen molar-refractivity contribution >= 4 is 11.7 Å². The highest BCUT2D eigenvalue weighted by atomic mass is 16.6. The van der Waals surface area contributed by atoms with E-state index >= 15 is 0 Å². The molecule has 0 aromatic carbocycles. The number of nitrogens with zero attached hydrogens (tertiary/aromatic N) is 2. The number of amides is 1. The van der Waals surface area contributed by atoms with Gasteiger partial charge < -0.3 is 25.0 Å². The zero-order valence-electron chi connectivity index (χ0n) is 11.6. The van der Waals surface area contributed by atoms with E-state index in [0.717, 1.165) is 4.57 Å². The van der Waals surface area contributed by atoms with Crippen molar-refractivity contribution in [2.45, 2.75) is 31.5 Å². The number of aromatic nitrogens is 2. The molecule has 0 spiro atoms. The third kappa shape index (κ3) is 3.10. The molecule has 116 valence electrons. The second kappa shape index (κ2) is 6.31. The molecule has 0 saturated carbocycles. The number of aliphatic hydroxyl groups excluding tert-OH is 2. The Morgan fingerprint density at radius 1 is 1.62 bits per heavy atom. The lowest BCUT2D eigenvalue weighted by Gasteiger charge is -2.20. The Balaban J connectivity index is 2.29. The van der Waals surface area contributed by atoms with Gasteiger partial charge in [0.25, 0.3) is 0 Å². The first-order valence-electron chi connectivity index (χ1n) is 6.32. The van der Waals surface area contributed by atoms with Crippen molar-refractivity contribution in [3.8, 4) is 0 Å². The zero-order valence-corrected chi connectivity index (χ0v) is 11.6. The molecule has 1 aliphatic heterocycles. The van der Waals surface area contributed by atoms with Crippen LogP contribution >= 0.6 is 0 Å². The van der Waals surface area contributed by atoms with E-state index in [0.29, 0.717) is 0 Å². The van der Waals surface area contributed by atoms with E-state index in [2.05, 4.69) is 10.3 Å². The summed E-state index contributed by atoms with van der Waals surface area (Å²) in [5, 5.41) is 21.5. The lowest BCUT2D eigenvalue weighted by Crippen LogP contribution is -2.37. The summed E-state index contributed by atoms with van der Waals surface area (Å²) in [6, 6.07) is 1.43. The van der Waals surface area contributed by atoms with Crippen LogP contribution in [0.25, 0.3) is 0 Å². The van der Waals surface area contributed by atoms with E-state index in [1.165, 1.54) is 26.3 Å². The van der Waals surface area contributed by atoms with Crippen LogP contribution in [0.15, 0.2) is 17.1 Å². The molecule has 0 bridgehead atoms. The van der Waals surface area contributed by atoms with Gasteiger partial charge in [-0.25, -0.2) is 4.79 Å². The summed E-state index contributed by atoms with van der Waals surface area (Å²) >= 11 is 0. The molecule has 1 aliphatic rings. The van der Waals surface area contributed by atoms with Crippen molar-refractivity contribution in [3.63, 3.8) is 0 Å². The SMILES string of the molecule is CO[C@H]1C(O)[C@@H](CO)O[C@H]1n1ccc(NC(C)=O)nc1=O. The molecule has 9 nitrogen and oxygen atoms in total.